The molecule has 1 aromatic heterocycles. The van der Waals surface area contributed by atoms with Crippen molar-refractivity contribution >= 4 is 11.3 Å². The van der Waals surface area contributed by atoms with Gasteiger partial charge in [0.1, 0.15) is 0 Å². The van der Waals surface area contributed by atoms with Crippen molar-refractivity contribution in [3.05, 3.63) is 22.4 Å². The van der Waals surface area contributed by atoms with Crippen LogP contribution >= 0.6 is 11.3 Å². The van der Waals surface area contributed by atoms with Crippen molar-refractivity contribution in [2.24, 2.45) is 5.73 Å². The zero-order valence-corrected chi connectivity index (χ0v) is 5.77. The summed E-state index contributed by atoms with van der Waals surface area (Å²) in [4.78, 5) is 0. The first kappa shape index (κ1) is 6.74. The van der Waals surface area contributed by atoms with Gasteiger partial charge in [0.05, 0.1) is 12.6 Å². The standard InChI is InChI=1S/C6H9NOS/c7-6(3-8)5-1-2-9-4-5/h1-2,4,6,8H,3,7H2/t6-/m1/s1. The number of nitrogens with two attached hydrogens (primary N) is 1. The second-order valence-corrected chi connectivity index (χ2v) is 2.63. The molecule has 1 heterocycles. The van der Waals surface area contributed by atoms with Gasteiger partial charge in [-0.2, -0.15) is 11.3 Å². The van der Waals surface area contributed by atoms with E-state index in [0.29, 0.717) is 0 Å². The number of hydrogen-bond donors (Lipinski definition) is 2. The third-order valence-corrected chi connectivity index (χ3v) is 1.87. The summed E-state index contributed by atoms with van der Waals surface area (Å²) in [6.07, 6.45) is 0. The zero-order valence-electron chi connectivity index (χ0n) is 4.95. The Balaban J connectivity index is 2.65. The van der Waals surface area contributed by atoms with Crippen LogP contribution in [0.1, 0.15) is 11.6 Å². The summed E-state index contributed by atoms with van der Waals surface area (Å²) in [6, 6.07) is 1.72. The molecule has 0 aliphatic carbocycles. The van der Waals surface area contributed by atoms with Crippen molar-refractivity contribution in [3.63, 3.8) is 0 Å². The van der Waals surface area contributed by atoms with Crippen molar-refractivity contribution in [2.75, 3.05) is 6.61 Å². The summed E-state index contributed by atoms with van der Waals surface area (Å²) < 4.78 is 0. The third kappa shape index (κ3) is 1.51. The van der Waals surface area contributed by atoms with E-state index < -0.39 is 0 Å². The molecule has 0 fully saturated rings. The van der Waals surface area contributed by atoms with Gasteiger partial charge in [0, 0.05) is 0 Å². The van der Waals surface area contributed by atoms with Crippen LogP contribution in [0, 0.1) is 0 Å². The van der Waals surface area contributed by atoms with Crippen molar-refractivity contribution in [1.82, 2.24) is 0 Å². The lowest BCUT2D eigenvalue weighted by Crippen LogP contribution is -2.13. The topological polar surface area (TPSA) is 46.2 Å². The maximum atomic E-state index is 8.59. The number of thiophene rings is 1. The molecule has 0 radical (unpaired) electrons. The third-order valence-electron chi connectivity index (χ3n) is 1.17. The van der Waals surface area contributed by atoms with Crippen LogP contribution in [0.3, 0.4) is 0 Å². The van der Waals surface area contributed by atoms with Gasteiger partial charge in [0.2, 0.25) is 0 Å². The van der Waals surface area contributed by atoms with Gasteiger partial charge in [0.25, 0.3) is 0 Å². The quantitative estimate of drug-likeness (QED) is 0.641. The van der Waals surface area contributed by atoms with Gasteiger partial charge in [-0.15, -0.1) is 0 Å². The van der Waals surface area contributed by atoms with Crippen molar-refractivity contribution in [1.29, 1.82) is 0 Å². The fourth-order valence-electron chi connectivity index (χ4n) is 0.591. The highest BCUT2D eigenvalue weighted by atomic mass is 32.1. The molecule has 3 heteroatoms. The maximum absolute atomic E-state index is 8.59. The second-order valence-electron chi connectivity index (χ2n) is 1.85. The summed E-state index contributed by atoms with van der Waals surface area (Å²) in [5.41, 5.74) is 6.51. The molecule has 1 rings (SSSR count). The molecule has 0 amide bonds. The van der Waals surface area contributed by atoms with Crippen LogP contribution in [-0.2, 0) is 0 Å². The molecule has 3 N–H and O–H groups in total. The molecule has 0 saturated carbocycles. The van der Waals surface area contributed by atoms with Crippen LogP contribution in [-0.4, -0.2) is 11.7 Å². The van der Waals surface area contributed by atoms with E-state index in [1.807, 2.05) is 16.8 Å². The van der Waals surface area contributed by atoms with Crippen molar-refractivity contribution in [3.8, 4) is 0 Å². The fraction of sp³-hybridized carbons (Fsp3) is 0.333. The Labute approximate surface area is 57.9 Å². The molecule has 0 unspecified atom stereocenters. The molecule has 0 spiro atoms. The lowest BCUT2D eigenvalue weighted by atomic mass is 10.2. The highest BCUT2D eigenvalue weighted by molar-refractivity contribution is 7.07. The summed E-state index contributed by atoms with van der Waals surface area (Å²) in [6.45, 7) is 0.0245. The highest BCUT2D eigenvalue weighted by Gasteiger charge is 2.01. The Kier molecular flexibility index (Phi) is 2.22. The van der Waals surface area contributed by atoms with E-state index in [2.05, 4.69) is 0 Å². The largest absolute Gasteiger partial charge is 0.394 e. The Morgan fingerprint density at radius 3 is 3.00 bits per heavy atom. The van der Waals surface area contributed by atoms with E-state index >= 15 is 0 Å². The minimum atomic E-state index is -0.198. The average molecular weight is 143 g/mol. The minimum absolute atomic E-state index is 0.0245. The summed E-state index contributed by atoms with van der Waals surface area (Å²) in [7, 11) is 0. The lowest BCUT2D eigenvalue weighted by Gasteiger charge is -2.02. The first-order valence-corrected chi connectivity index (χ1v) is 3.67. The zero-order chi connectivity index (χ0) is 6.69. The molecule has 2 nitrogen and oxygen atoms in total. The van der Waals surface area contributed by atoms with Gasteiger partial charge in [0.15, 0.2) is 0 Å². The number of rotatable bonds is 2. The van der Waals surface area contributed by atoms with E-state index in [0.717, 1.165) is 5.56 Å². The van der Waals surface area contributed by atoms with Crippen LogP contribution in [0.25, 0.3) is 0 Å². The predicted octanol–water partition coefficient (Wildman–Crippen LogP) is 0.740. The molecule has 0 aliphatic rings. The van der Waals surface area contributed by atoms with Gasteiger partial charge in [-0.05, 0) is 22.4 Å². The van der Waals surface area contributed by atoms with Crippen molar-refractivity contribution in [2.45, 2.75) is 6.04 Å². The SMILES string of the molecule is N[C@H](CO)c1ccsc1. The lowest BCUT2D eigenvalue weighted by molar-refractivity contribution is 0.268. The average Bonchev–Trinajstić information content (AvgIpc) is 2.37. The number of hydrogen-bond acceptors (Lipinski definition) is 3. The summed E-state index contributed by atoms with van der Waals surface area (Å²) >= 11 is 1.59. The van der Waals surface area contributed by atoms with Crippen molar-refractivity contribution < 1.29 is 5.11 Å². The normalized spacial score (nSPS) is 13.6. The van der Waals surface area contributed by atoms with E-state index in [1.54, 1.807) is 11.3 Å². The van der Waals surface area contributed by atoms with Gasteiger partial charge >= 0.3 is 0 Å². The van der Waals surface area contributed by atoms with E-state index in [1.165, 1.54) is 0 Å². The molecule has 9 heavy (non-hydrogen) atoms. The van der Waals surface area contributed by atoms with Gasteiger partial charge < -0.3 is 10.8 Å². The van der Waals surface area contributed by atoms with Crippen LogP contribution in [0.2, 0.25) is 0 Å². The predicted molar refractivity (Wildman–Crippen MR) is 38.3 cm³/mol. The molecule has 0 aliphatic heterocycles. The number of aliphatic hydroxyl groups is 1. The molecule has 0 saturated heterocycles. The highest BCUT2D eigenvalue weighted by Crippen LogP contribution is 2.12. The summed E-state index contributed by atoms with van der Waals surface area (Å²) in [5, 5.41) is 12.5. The molecule has 0 bridgehead atoms. The molecule has 1 aromatic rings. The maximum Gasteiger partial charge on any atom is 0.0624 e. The Bertz CT molecular complexity index is 162. The summed E-state index contributed by atoms with van der Waals surface area (Å²) in [5.74, 6) is 0. The fourth-order valence-corrected chi connectivity index (χ4v) is 1.32. The monoisotopic (exact) mass is 143 g/mol. The van der Waals surface area contributed by atoms with Gasteiger partial charge in [-0.25, -0.2) is 0 Å². The molecular weight excluding hydrogens is 134 g/mol. The van der Waals surface area contributed by atoms with Crippen LogP contribution in [0.4, 0.5) is 0 Å². The van der Waals surface area contributed by atoms with E-state index in [-0.39, 0.29) is 12.6 Å². The number of aliphatic hydroxyl groups excluding tert-OH is 1. The first-order valence-electron chi connectivity index (χ1n) is 2.73. The van der Waals surface area contributed by atoms with Crippen LogP contribution in [0.15, 0.2) is 16.8 Å². The first-order chi connectivity index (χ1) is 4.34. The Morgan fingerprint density at radius 1 is 1.78 bits per heavy atom. The second kappa shape index (κ2) is 2.96. The van der Waals surface area contributed by atoms with E-state index in [9.17, 15) is 0 Å². The molecule has 1 atom stereocenters. The van der Waals surface area contributed by atoms with Crippen LogP contribution in [0.5, 0.6) is 0 Å². The molecule has 50 valence electrons. The van der Waals surface area contributed by atoms with Crippen LogP contribution < -0.4 is 5.73 Å². The van der Waals surface area contributed by atoms with E-state index in [4.69, 9.17) is 10.8 Å². The van der Waals surface area contributed by atoms with Gasteiger partial charge in [-0.1, -0.05) is 0 Å². The van der Waals surface area contributed by atoms with Gasteiger partial charge in [-0.3, -0.25) is 0 Å². The molecular formula is C6H9NOS. The Hall–Kier alpha value is -0.380. The molecule has 0 aromatic carbocycles. The Morgan fingerprint density at radius 2 is 2.56 bits per heavy atom. The minimum Gasteiger partial charge on any atom is -0.394 e. The smallest absolute Gasteiger partial charge is 0.0624 e.